The van der Waals surface area contributed by atoms with E-state index in [-0.39, 0.29) is 0 Å². The molecule has 62 valence electrons. The molecule has 0 unspecified atom stereocenters. The van der Waals surface area contributed by atoms with E-state index in [1.165, 1.54) is 5.69 Å². The Morgan fingerprint density at radius 3 is 2.50 bits per heavy atom. The Kier molecular flexibility index (Phi) is 2.26. The molecule has 0 amide bonds. The summed E-state index contributed by atoms with van der Waals surface area (Å²) < 4.78 is 0. The van der Waals surface area contributed by atoms with E-state index in [9.17, 15) is 0 Å². The average Bonchev–Trinajstić information content (AvgIpc) is 2.21. The Morgan fingerprint density at radius 2 is 1.83 bits per heavy atom. The van der Waals surface area contributed by atoms with Gasteiger partial charge in [-0.2, -0.15) is 0 Å². The van der Waals surface area contributed by atoms with Crippen LogP contribution in [0.15, 0.2) is 24.5 Å². The Labute approximate surface area is 73.2 Å². The number of anilines is 1. The zero-order chi connectivity index (χ0) is 8.23. The first-order chi connectivity index (χ1) is 5.97. The van der Waals surface area contributed by atoms with E-state index < -0.39 is 0 Å². The lowest BCUT2D eigenvalue weighted by molar-refractivity contribution is 0.678. The number of hydrogen-bond acceptors (Lipinski definition) is 2. The fraction of sp³-hybridized carbons (Fsp3) is 0.400. The molecule has 2 heteroatoms. The number of aromatic nitrogens is 1. The minimum absolute atomic E-state index is 1.09. The van der Waals surface area contributed by atoms with Crippen molar-refractivity contribution < 1.29 is 0 Å². The van der Waals surface area contributed by atoms with Gasteiger partial charge >= 0.3 is 0 Å². The first-order valence-electron chi connectivity index (χ1n) is 4.32. The van der Waals surface area contributed by atoms with Crippen LogP contribution in [0.1, 0.15) is 12.8 Å². The highest BCUT2D eigenvalue weighted by Gasteiger charge is 2.09. The van der Waals surface area contributed by atoms with Gasteiger partial charge in [-0.05, 0) is 31.4 Å². The van der Waals surface area contributed by atoms with Crippen LogP contribution in [0.3, 0.4) is 0 Å². The van der Waals surface area contributed by atoms with Crippen LogP contribution >= 0.6 is 0 Å². The first kappa shape index (κ1) is 7.59. The number of hydrogen-bond donors (Lipinski definition) is 0. The van der Waals surface area contributed by atoms with E-state index in [4.69, 9.17) is 0 Å². The van der Waals surface area contributed by atoms with Crippen molar-refractivity contribution in [3.63, 3.8) is 0 Å². The largest absolute Gasteiger partial charge is 0.371 e. The second-order valence-corrected chi connectivity index (χ2v) is 2.94. The molecule has 1 fully saturated rings. The molecule has 2 radical (unpaired) electrons. The molecule has 2 nitrogen and oxygen atoms in total. The summed E-state index contributed by atoms with van der Waals surface area (Å²) in [5.41, 5.74) is 1.28. The molecule has 12 heavy (non-hydrogen) atoms. The van der Waals surface area contributed by atoms with Crippen molar-refractivity contribution >= 4 is 5.69 Å². The molecule has 2 rings (SSSR count). The van der Waals surface area contributed by atoms with Crippen LogP contribution in [0.4, 0.5) is 5.69 Å². The summed E-state index contributed by atoms with van der Waals surface area (Å²) >= 11 is 0. The van der Waals surface area contributed by atoms with Crippen LogP contribution < -0.4 is 4.90 Å². The van der Waals surface area contributed by atoms with Crippen molar-refractivity contribution in [2.24, 2.45) is 0 Å². The van der Waals surface area contributed by atoms with Gasteiger partial charge in [-0.3, -0.25) is 4.98 Å². The van der Waals surface area contributed by atoms with Gasteiger partial charge in [-0.1, -0.05) is 0 Å². The van der Waals surface area contributed by atoms with E-state index in [0.717, 1.165) is 25.9 Å². The van der Waals surface area contributed by atoms with Gasteiger partial charge in [0.15, 0.2) is 0 Å². The van der Waals surface area contributed by atoms with Gasteiger partial charge in [-0.25, -0.2) is 0 Å². The zero-order valence-electron chi connectivity index (χ0n) is 7.03. The van der Waals surface area contributed by atoms with Gasteiger partial charge in [0, 0.05) is 31.2 Å². The second kappa shape index (κ2) is 3.57. The van der Waals surface area contributed by atoms with Crippen molar-refractivity contribution in [1.29, 1.82) is 0 Å². The van der Waals surface area contributed by atoms with Crippen LogP contribution in [0.5, 0.6) is 0 Å². The molecule has 1 aliphatic heterocycles. The topological polar surface area (TPSA) is 16.1 Å². The first-order valence-corrected chi connectivity index (χ1v) is 4.32. The quantitative estimate of drug-likeness (QED) is 0.622. The van der Waals surface area contributed by atoms with E-state index in [0.29, 0.717) is 0 Å². The fourth-order valence-corrected chi connectivity index (χ4v) is 1.48. The lowest BCUT2D eigenvalue weighted by atomic mass is 10.1. The SMILES string of the molecule is [C]1CCN(c2ccncc2)CC1. The lowest BCUT2D eigenvalue weighted by Gasteiger charge is -2.28. The minimum Gasteiger partial charge on any atom is -0.371 e. The van der Waals surface area contributed by atoms with Crippen LogP contribution in [-0.4, -0.2) is 18.1 Å². The molecular formula is C10H12N2. The summed E-state index contributed by atoms with van der Waals surface area (Å²) in [5, 5.41) is 0. The Morgan fingerprint density at radius 1 is 1.17 bits per heavy atom. The lowest BCUT2D eigenvalue weighted by Crippen LogP contribution is -2.29. The molecule has 0 saturated carbocycles. The summed E-state index contributed by atoms with van der Waals surface area (Å²) in [6, 6.07) is 4.12. The molecule has 1 aromatic rings. The summed E-state index contributed by atoms with van der Waals surface area (Å²) in [6.07, 6.45) is 9.19. The van der Waals surface area contributed by atoms with Crippen molar-refractivity contribution in [2.45, 2.75) is 12.8 Å². The van der Waals surface area contributed by atoms with Crippen LogP contribution in [0.25, 0.3) is 0 Å². The van der Waals surface area contributed by atoms with Crippen LogP contribution in [0.2, 0.25) is 0 Å². The van der Waals surface area contributed by atoms with Crippen LogP contribution in [0, 0.1) is 6.42 Å². The van der Waals surface area contributed by atoms with Gasteiger partial charge < -0.3 is 4.90 Å². The average molecular weight is 160 g/mol. The third-order valence-electron chi connectivity index (χ3n) is 2.14. The molecule has 1 saturated heterocycles. The number of nitrogens with zero attached hydrogens (tertiary/aromatic N) is 2. The molecule has 2 heterocycles. The zero-order valence-corrected chi connectivity index (χ0v) is 7.03. The van der Waals surface area contributed by atoms with Crippen molar-refractivity contribution in [3.8, 4) is 0 Å². The number of rotatable bonds is 1. The molecule has 0 aliphatic carbocycles. The molecule has 0 bridgehead atoms. The molecule has 0 spiro atoms. The predicted molar refractivity (Wildman–Crippen MR) is 48.9 cm³/mol. The Hall–Kier alpha value is -1.05. The number of pyridine rings is 1. The summed E-state index contributed by atoms with van der Waals surface area (Å²) in [5.74, 6) is 0. The Balaban J connectivity index is 2.08. The highest BCUT2D eigenvalue weighted by molar-refractivity contribution is 5.44. The maximum absolute atomic E-state index is 4.00. The third-order valence-corrected chi connectivity index (χ3v) is 2.14. The molecule has 1 aromatic heterocycles. The van der Waals surface area contributed by atoms with Crippen molar-refractivity contribution in [1.82, 2.24) is 4.98 Å². The van der Waals surface area contributed by atoms with Crippen molar-refractivity contribution in [2.75, 3.05) is 18.0 Å². The maximum Gasteiger partial charge on any atom is 0.0397 e. The normalized spacial score (nSPS) is 17.8. The number of piperidine rings is 1. The summed E-state index contributed by atoms with van der Waals surface area (Å²) in [7, 11) is 0. The molecule has 0 N–H and O–H groups in total. The van der Waals surface area contributed by atoms with E-state index in [1.807, 2.05) is 12.4 Å². The van der Waals surface area contributed by atoms with E-state index in [2.05, 4.69) is 28.4 Å². The van der Waals surface area contributed by atoms with E-state index in [1.54, 1.807) is 0 Å². The highest BCUT2D eigenvalue weighted by atomic mass is 15.1. The third kappa shape index (κ3) is 1.58. The molecular weight excluding hydrogens is 148 g/mol. The predicted octanol–water partition coefficient (Wildman–Crippen LogP) is 1.76. The van der Waals surface area contributed by atoms with E-state index >= 15 is 0 Å². The monoisotopic (exact) mass is 160 g/mol. The molecule has 1 aliphatic rings. The Bertz CT molecular complexity index is 227. The second-order valence-electron chi connectivity index (χ2n) is 2.94. The smallest absolute Gasteiger partial charge is 0.0397 e. The van der Waals surface area contributed by atoms with Gasteiger partial charge in [0.1, 0.15) is 0 Å². The fourth-order valence-electron chi connectivity index (χ4n) is 1.48. The van der Waals surface area contributed by atoms with Crippen molar-refractivity contribution in [3.05, 3.63) is 30.9 Å². The highest BCUT2D eigenvalue weighted by Crippen LogP contribution is 2.17. The maximum atomic E-state index is 4.00. The molecule has 0 aromatic carbocycles. The van der Waals surface area contributed by atoms with Gasteiger partial charge in [0.25, 0.3) is 0 Å². The summed E-state index contributed by atoms with van der Waals surface area (Å²) in [4.78, 5) is 6.37. The van der Waals surface area contributed by atoms with Gasteiger partial charge in [0.05, 0.1) is 0 Å². The van der Waals surface area contributed by atoms with Gasteiger partial charge in [-0.15, -0.1) is 0 Å². The standard InChI is InChI=1S/C10H12N2/c1-2-8-12(9-3-1)10-4-6-11-7-5-10/h4-7H,2-3,8-9H2. The molecule has 0 atom stereocenters. The summed E-state index contributed by atoms with van der Waals surface area (Å²) in [6.45, 7) is 2.20. The van der Waals surface area contributed by atoms with Crippen LogP contribution in [-0.2, 0) is 0 Å². The van der Waals surface area contributed by atoms with Gasteiger partial charge in [0.2, 0.25) is 0 Å². The minimum atomic E-state index is 1.09.